The van der Waals surface area contributed by atoms with Gasteiger partial charge in [0.05, 0.1) is 11.4 Å². The monoisotopic (exact) mass is 163 g/mol. The van der Waals surface area contributed by atoms with E-state index in [0.717, 1.165) is 4.88 Å². The lowest BCUT2D eigenvalue weighted by atomic mass is 10.4. The van der Waals surface area contributed by atoms with Crippen LogP contribution in [-0.2, 0) is 0 Å². The SMILES string of the molecule is [N-]=[N+]=NCC#Cc1cccs1. The molecule has 0 aromatic carbocycles. The highest BCUT2D eigenvalue weighted by molar-refractivity contribution is 7.10. The molecule has 54 valence electrons. The number of azide groups is 1. The summed E-state index contributed by atoms with van der Waals surface area (Å²) in [6.07, 6.45) is 0. The first-order valence-electron chi connectivity index (χ1n) is 2.96. The zero-order valence-electron chi connectivity index (χ0n) is 5.69. The molecule has 1 rings (SSSR count). The topological polar surface area (TPSA) is 48.8 Å². The van der Waals surface area contributed by atoms with E-state index in [1.54, 1.807) is 11.3 Å². The van der Waals surface area contributed by atoms with Gasteiger partial charge in [-0.05, 0) is 17.0 Å². The van der Waals surface area contributed by atoms with E-state index >= 15 is 0 Å². The third-order valence-corrected chi connectivity index (χ3v) is 1.73. The fourth-order valence-corrected chi connectivity index (χ4v) is 1.14. The van der Waals surface area contributed by atoms with Gasteiger partial charge in [0.1, 0.15) is 0 Å². The first-order valence-corrected chi connectivity index (χ1v) is 3.84. The first kappa shape index (κ1) is 7.67. The largest absolute Gasteiger partial charge is 0.135 e. The Bertz CT molecular complexity index is 311. The van der Waals surface area contributed by atoms with Gasteiger partial charge in [0, 0.05) is 4.91 Å². The van der Waals surface area contributed by atoms with Gasteiger partial charge < -0.3 is 0 Å². The minimum atomic E-state index is 0.244. The average molecular weight is 163 g/mol. The predicted octanol–water partition coefficient (Wildman–Crippen LogP) is 2.41. The van der Waals surface area contributed by atoms with E-state index in [1.165, 1.54) is 0 Å². The summed E-state index contributed by atoms with van der Waals surface area (Å²) >= 11 is 1.57. The molecule has 0 aliphatic heterocycles. The number of thiophene rings is 1. The van der Waals surface area contributed by atoms with Crippen LogP contribution in [0.5, 0.6) is 0 Å². The van der Waals surface area contributed by atoms with Gasteiger partial charge in [0.2, 0.25) is 0 Å². The molecule has 11 heavy (non-hydrogen) atoms. The van der Waals surface area contributed by atoms with Crippen LogP contribution in [-0.4, -0.2) is 6.54 Å². The molecule has 0 unspecified atom stereocenters. The van der Waals surface area contributed by atoms with Crippen LogP contribution in [0.15, 0.2) is 22.6 Å². The van der Waals surface area contributed by atoms with Crippen LogP contribution in [0.2, 0.25) is 0 Å². The van der Waals surface area contributed by atoms with E-state index < -0.39 is 0 Å². The Hall–Kier alpha value is -1.43. The van der Waals surface area contributed by atoms with Gasteiger partial charge in [-0.2, -0.15) is 0 Å². The second-order valence-electron chi connectivity index (χ2n) is 1.67. The Morgan fingerprint density at radius 3 is 3.27 bits per heavy atom. The molecule has 0 aliphatic carbocycles. The van der Waals surface area contributed by atoms with Crippen LogP contribution in [0.1, 0.15) is 4.88 Å². The van der Waals surface area contributed by atoms with Crippen molar-refractivity contribution in [1.82, 2.24) is 0 Å². The van der Waals surface area contributed by atoms with Crippen LogP contribution >= 0.6 is 11.3 Å². The molecule has 0 fully saturated rings. The van der Waals surface area contributed by atoms with E-state index in [0.29, 0.717) is 0 Å². The molecule has 1 heterocycles. The van der Waals surface area contributed by atoms with Crippen LogP contribution < -0.4 is 0 Å². The van der Waals surface area contributed by atoms with Crippen LogP contribution in [0.4, 0.5) is 0 Å². The first-order chi connectivity index (χ1) is 5.43. The number of nitrogens with zero attached hydrogens (tertiary/aromatic N) is 3. The highest BCUT2D eigenvalue weighted by atomic mass is 32.1. The van der Waals surface area contributed by atoms with Gasteiger partial charge in [0.25, 0.3) is 0 Å². The quantitative estimate of drug-likeness (QED) is 0.264. The molecular formula is C7H5N3S. The van der Waals surface area contributed by atoms with Crippen molar-refractivity contribution in [3.63, 3.8) is 0 Å². The number of rotatable bonds is 1. The van der Waals surface area contributed by atoms with Crippen LogP contribution in [0, 0.1) is 11.8 Å². The molecule has 0 aliphatic rings. The van der Waals surface area contributed by atoms with E-state index in [9.17, 15) is 0 Å². The minimum Gasteiger partial charge on any atom is -0.135 e. The van der Waals surface area contributed by atoms with E-state index in [-0.39, 0.29) is 6.54 Å². The fourth-order valence-electron chi connectivity index (χ4n) is 0.543. The average Bonchev–Trinajstić information content (AvgIpc) is 2.50. The molecule has 0 amide bonds. The third-order valence-electron chi connectivity index (χ3n) is 0.946. The standard InChI is InChI=1S/C7H5N3S/c8-10-9-5-1-3-7-4-2-6-11-7/h2,4,6H,5H2. The van der Waals surface area contributed by atoms with Gasteiger partial charge in [-0.1, -0.05) is 23.0 Å². The molecule has 0 radical (unpaired) electrons. The summed E-state index contributed by atoms with van der Waals surface area (Å²) in [5.74, 6) is 5.59. The zero-order chi connectivity index (χ0) is 7.94. The summed E-state index contributed by atoms with van der Waals surface area (Å²) in [5, 5.41) is 5.24. The van der Waals surface area contributed by atoms with E-state index in [4.69, 9.17) is 5.53 Å². The molecule has 3 nitrogen and oxygen atoms in total. The molecule has 0 saturated heterocycles. The predicted molar refractivity (Wildman–Crippen MR) is 45.2 cm³/mol. The molecule has 1 aromatic rings. The van der Waals surface area contributed by atoms with Crippen molar-refractivity contribution in [3.8, 4) is 11.8 Å². The fraction of sp³-hybridized carbons (Fsp3) is 0.143. The summed E-state index contributed by atoms with van der Waals surface area (Å²) in [6, 6.07) is 3.86. The number of hydrogen-bond acceptors (Lipinski definition) is 2. The minimum absolute atomic E-state index is 0.244. The van der Waals surface area contributed by atoms with Gasteiger partial charge >= 0.3 is 0 Å². The molecule has 0 saturated carbocycles. The summed E-state index contributed by atoms with van der Waals surface area (Å²) in [4.78, 5) is 3.58. The smallest absolute Gasteiger partial charge is 0.0880 e. The summed E-state index contributed by atoms with van der Waals surface area (Å²) < 4.78 is 0. The molecule has 0 N–H and O–H groups in total. The zero-order valence-corrected chi connectivity index (χ0v) is 6.51. The maximum Gasteiger partial charge on any atom is 0.0880 e. The van der Waals surface area contributed by atoms with Crippen molar-refractivity contribution in [1.29, 1.82) is 0 Å². The number of hydrogen-bond donors (Lipinski definition) is 0. The van der Waals surface area contributed by atoms with Gasteiger partial charge in [-0.25, -0.2) is 0 Å². The van der Waals surface area contributed by atoms with E-state index in [2.05, 4.69) is 21.9 Å². The molecule has 0 bridgehead atoms. The van der Waals surface area contributed by atoms with Crippen LogP contribution in [0.3, 0.4) is 0 Å². The maximum absolute atomic E-state index is 7.92. The van der Waals surface area contributed by atoms with Crippen molar-refractivity contribution in [2.45, 2.75) is 0 Å². The van der Waals surface area contributed by atoms with Gasteiger partial charge in [-0.15, -0.1) is 11.3 Å². The Balaban J connectivity index is 2.52. The lowest BCUT2D eigenvalue weighted by Gasteiger charge is -1.73. The molecule has 0 spiro atoms. The summed E-state index contributed by atoms with van der Waals surface area (Å²) in [6.45, 7) is 0.244. The molecule has 0 atom stereocenters. The second kappa shape index (κ2) is 4.40. The van der Waals surface area contributed by atoms with Gasteiger partial charge in [0.15, 0.2) is 0 Å². The molecular weight excluding hydrogens is 158 g/mol. The summed E-state index contributed by atoms with van der Waals surface area (Å²) in [7, 11) is 0. The second-order valence-corrected chi connectivity index (χ2v) is 2.62. The molecule has 4 heteroatoms. The van der Waals surface area contributed by atoms with Gasteiger partial charge in [-0.3, -0.25) is 0 Å². The lowest BCUT2D eigenvalue weighted by Crippen LogP contribution is -1.67. The van der Waals surface area contributed by atoms with Crippen molar-refractivity contribution in [3.05, 3.63) is 32.8 Å². The third kappa shape index (κ3) is 2.76. The van der Waals surface area contributed by atoms with E-state index in [1.807, 2.05) is 17.5 Å². The van der Waals surface area contributed by atoms with Crippen LogP contribution in [0.25, 0.3) is 10.4 Å². The van der Waals surface area contributed by atoms with Crippen molar-refractivity contribution in [2.24, 2.45) is 5.11 Å². The highest BCUT2D eigenvalue weighted by Gasteiger charge is 1.81. The van der Waals surface area contributed by atoms with Crippen molar-refractivity contribution >= 4 is 11.3 Å². The van der Waals surface area contributed by atoms with Crippen molar-refractivity contribution < 1.29 is 0 Å². The maximum atomic E-state index is 7.92. The Labute approximate surface area is 68.3 Å². The normalized spacial score (nSPS) is 7.64. The summed E-state index contributed by atoms with van der Waals surface area (Å²) in [5.41, 5.74) is 7.92. The lowest BCUT2D eigenvalue weighted by molar-refractivity contribution is 1.25. The molecule has 1 aromatic heterocycles. The Kier molecular flexibility index (Phi) is 3.07. The Morgan fingerprint density at radius 1 is 1.73 bits per heavy atom. The van der Waals surface area contributed by atoms with Crippen molar-refractivity contribution in [2.75, 3.05) is 6.54 Å². The Morgan fingerprint density at radius 2 is 2.64 bits per heavy atom. The highest BCUT2D eigenvalue weighted by Crippen LogP contribution is 2.05.